The first-order valence-corrected chi connectivity index (χ1v) is 13.7. The number of carbonyl (C=O) groups excluding carboxylic acids is 1. The Morgan fingerprint density at radius 2 is 2.00 bits per heavy atom. The summed E-state index contributed by atoms with van der Waals surface area (Å²) in [6.45, 7) is 6.35. The van der Waals surface area contributed by atoms with Crippen LogP contribution in [0.2, 0.25) is 0 Å². The number of nitrogens with one attached hydrogen (secondary N) is 2. The van der Waals surface area contributed by atoms with Gasteiger partial charge in [-0.25, -0.2) is 4.98 Å². The standard InChI is InChI=1S/C31H35F3N6O2/c1-20-16-39(4)12-10-24(20)38-29(41)23-13-21(14-26-28(23)37-19-40(26)18-31(32,33)34)7-6-11-36-25-9-8-22(15-27(25)42-5)30(2,3)17-35/h8-9,13-15,19-20,24,36H,10-12,16,18H2,1-5H3,(H,38,41)/t20-,24-/m0/s1. The third kappa shape index (κ3) is 7.15. The second-order valence-corrected chi connectivity index (χ2v) is 11.3. The molecule has 2 atom stereocenters. The molecule has 1 fully saturated rings. The third-order valence-corrected chi connectivity index (χ3v) is 7.55. The molecule has 11 heteroatoms. The Labute approximate surface area is 243 Å². The van der Waals surface area contributed by atoms with E-state index in [9.17, 15) is 23.2 Å². The highest BCUT2D eigenvalue weighted by atomic mass is 19.4. The summed E-state index contributed by atoms with van der Waals surface area (Å²) in [5, 5.41) is 15.7. The van der Waals surface area contributed by atoms with Crippen molar-refractivity contribution < 1.29 is 22.7 Å². The van der Waals surface area contributed by atoms with Gasteiger partial charge in [0.25, 0.3) is 5.91 Å². The van der Waals surface area contributed by atoms with E-state index in [1.54, 1.807) is 12.1 Å². The lowest BCUT2D eigenvalue weighted by Crippen LogP contribution is -2.48. The number of rotatable bonds is 7. The number of hydrogen-bond acceptors (Lipinski definition) is 6. The molecule has 0 saturated carbocycles. The van der Waals surface area contributed by atoms with Crippen LogP contribution in [0.5, 0.6) is 5.75 Å². The van der Waals surface area contributed by atoms with Crippen LogP contribution in [0, 0.1) is 29.1 Å². The van der Waals surface area contributed by atoms with Crippen LogP contribution in [0.4, 0.5) is 18.9 Å². The monoisotopic (exact) mass is 580 g/mol. The number of amides is 1. The molecule has 4 rings (SSSR count). The molecule has 0 aliphatic carbocycles. The predicted molar refractivity (Wildman–Crippen MR) is 155 cm³/mol. The first-order chi connectivity index (χ1) is 19.8. The smallest absolute Gasteiger partial charge is 0.406 e. The molecule has 1 aliphatic rings. The summed E-state index contributed by atoms with van der Waals surface area (Å²) >= 11 is 0. The largest absolute Gasteiger partial charge is 0.495 e. The van der Waals surface area contributed by atoms with Crippen molar-refractivity contribution in [3.63, 3.8) is 0 Å². The highest BCUT2D eigenvalue weighted by Gasteiger charge is 2.30. The average molecular weight is 581 g/mol. The maximum Gasteiger partial charge on any atom is 0.406 e. The third-order valence-electron chi connectivity index (χ3n) is 7.55. The highest BCUT2D eigenvalue weighted by molar-refractivity contribution is 6.05. The number of nitrogens with zero attached hydrogens (tertiary/aromatic N) is 4. The maximum absolute atomic E-state index is 13.4. The fourth-order valence-electron chi connectivity index (χ4n) is 5.12. The molecule has 1 aliphatic heterocycles. The summed E-state index contributed by atoms with van der Waals surface area (Å²) < 4.78 is 46.3. The van der Waals surface area contributed by atoms with Gasteiger partial charge >= 0.3 is 6.18 Å². The first-order valence-electron chi connectivity index (χ1n) is 13.7. The number of fused-ring (bicyclic) bond motifs is 1. The summed E-state index contributed by atoms with van der Waals surface area (Å²) in [5.41, 5.74) is 1.77. The number of piperidine rings is 1. The lowest BCUT2D eigenvalue weighted by Gasteiger charge is -2.35. The highest BCUT2D eigenvalue weighted by Crippen LogP contribution is 2.31. The summed E-state index contributed by atoms with van der Waals surface area (Å²) in [5.74, 6) is 6.35. The van der Waals surface area contributed by atoms with Crippen molar-refractivity contribution in [1.29, 1.82) is 5.26 Å². The number of anilines is 1. The molecule has 2 heterocycles. The van der Waals surface area contributed by atoms with Crippen LogP contribution in [-0.4, -0.2) is 66.4 Å². The summed E-state index contributed by atoms with van der Waals surface area (Å²) in [6, 6.07) is 10.8. The van der Waals surface area contributed by atoms with Gasteiger partial charge in [0.15, 0.2) is 0 Å². The average Bonchev–Trinajstić information content (AvgIpc) is 3.32. The Morgan fingerprint density at radius 1 is 1.24 bits per heavy atom. The van der Waals surface area contributed by atoms with Crippen LogP contribution >= 0.6 is 0 Å². The quantitative estimate of drug-likeness (QED) is 0.385. The van der Waals surface area contributed by atoms with Gasteiger partial charge in [0.2, 0.25) is 0 Å². The van der Waals surface area contributed by atoms with Crippen LogP contribution in [0.3, 0.4) is 0 Å². The predicted octanol–water partition coefficient (Wildman–Crippen LogP) is 4.94. The molecule has 0 radical (unpaired) electrons. The Morgan fingerprint density at radius 3 is 2.67 bits per heavy atom. The zero-order chi connectivity index (χ0) is 30.7. The number of alkyl halides is 3. The molecule has 1 saturated heterocycles. The number of benzene rings is 2. The van der Waals surface area contributed by atoms with Crippen molar-refractivity contribution in [3.8, 4) is 23.7 Å². The van der Waals surface area contributed by atoms with Gasteiger partial charge in [-0.05, 0) is 69.6 Å². The molecule has 0 spiro atoms. The van der Waals surface area contributed by atoms with E-state index in [4.69, 9.17) is 4.74 Å². The fraction of sp³-hybridized carbons (Fsp3) is 0.452. The number of imidazole rings is 1. The molecule has 2 aromatic carbocycles. The van der Waals surface area contributed by atoms with Gasteiger partial charge in [-0.1, -0.05) is 24.8 Å². The van der Waals surface area contributed by atoms with Gasteiger partial charge in [0, 0.05) is 18.2 Å². The molecule has 222 valence electrons. The van der Waals surface area contributed by atoms with Crippen molar-refractivity contribution in [3.05, 3.63) is 53.3 Å². The molecular weight excluding hydrogens is 545 g/mol. The number of carbonyl (C=O) groups is 1. The van der Waals surface area contributed by atoms with Gasteiger partial charge in [-0.3, -0.25) is 4.79 Å². The van der Waals surface area contributed by atoms with Gasteiger partial charge in [0.1, 0.15) is 17.8 Å². The van der Waals surface area contributed by atoms with Crippen LogP contribution in [0.1, 0.15) is 48.7 Å². The maximum atomic E-state index is 13.4. The van der Waals surface area contributed by atoms with E-state index >= 15 is 0 Å². The van der Waals surface area contributed by atoms with Crippen molar-refractivity contribution in [1.82, 2.24) is 19.8 Å². The van der Waals surface area contributed by atoms with E-state index < -0.39 is 18.1 Å². The Balaban J connectivity index is 1.60. The SMILES string of the molecule is COc1cc(C(C)(C)C#N)ccc1NCC#Cc1cc(C(=O)N[C@H]2CCN(C)C[C@@H]2C)c2ncn(CC(F)(F)F)c2c1. The number of ether oxygens (including phenoxy) is 1. The second kappa shape index (κ2) is 12.3. The Kier molecular flexibility index (Phi) is 9.03. The van der Waals surface area contributed by atoms with Gasteiger partial charge < -0.3 is 24.8 Å². The number of methoxy groups -OCH3 is 1. The first kappa shape index (κ1) is 30.7. The molecular formula is C31H35F3N6O2. The summed E-state index contributed by atoms with van der Waals surface area (Å²) in [7, 11) is 3.57. The molecule has 0 bridgehead atoms. The minimum absolute atomic E-state index is 0.0555. The summed E-state index contributed by atoms with van der Waals surface area (Å²) in [6.07, 6.45) is -2.57. The number of nitriles is 1. The van der Waals surface area contributed by atoms with E-state index in [1.807, 2.05) is 33.0 Å². The molecule has 42 heavy (non-hydrogen) atoms. The zero-order valence-electron chi connectivity index (χ0n) is 24.4. The lowest BCUT2D eigenvalue weighted by molar-refractivity contribution is -0.139. The van der Waals surface area contributed by atoms with E-state index in [0.717, 1.165) is 36.0 Å². The van der Waals surface area contributed by atoms with Crippen LogP contribution in [-0.2, 0) is 12.0 Å². The van der Waals surface area contributed by atoms with Crippen LogP contribution in [0.25, 0.3) is 11.0 Å². The second-order valence-electron chi connectivity index (χ2n) is 11.3. The molecule has 1 amide bonds. The molecule has 8 nitrogen and oxygen atoms in total. The Hall–Kier alpha value is -4.22. The fourth-order valence-corrected chi connectivity index (χ4v) is 5.12. The van der Waals surface area contributed by atoms with Crippen molar-refractivity contribution in [2.24, 2.45) is 5.92 Å². The van der Waals surface area contributed by atoms with E-state index in [-0.39, 0.29) is 41.0 Å². The van der Waals surface area contributed by atoms with E-state index in [2.05, 4.69) is 45.4 Å². The topological polar surface area (TPSA) is 95.2 Å². The minimum Gasteiger partial charge on any atom is -0.495 e. The zero-order valence-corrected chi connectivity index (χ0v) is 24.4. The number of likely N-dealkylation sites (tertiary alicyclic amines) is 1. The lowest BCUT2D eigenvalue weighted by atomic mass is 9.86. The van der Waals surface area contributed by atoms with Crippen molar-refractivity contribution in [2.45, 2.75) is 51.4 Å². The van der Waals surface area contributed by atoms with Gasteiger partial charge in [-0.2, -0.15) is 18.4 Å². The molecule has 2 N–H and O–H groups in total. The van der Waals surface area contributed by atoms with Crippen molar-refractivity contribution >= 4 is 22.6 Å². The van der Waals surface area contributed by atoms with Crippen LogP contribution < -0.4 is 15.4 Å². The summed E-state index contributed by atoms with van der Waals surface area (Å²) in [4.78, 5) is 19.8. The van der Waals surface area contributed by atoms with Crippen LogP contribution in [0.15, 0.2) is 36.7 Å². The number of hydrogen-bond donors (Lipinski definition) is 2. The van der Waals surface area contributed by atoms with Gasteiger partial charge in [-0.15, -0.1) is 0 Å². The van der Waals surface area contributed by atoms with Gasteiger partial charge in [0.05, 0.1) is 48.2 Å². The number of aromatic nitrogens is 2. The van der Waals surface area contributed by atoms with E-state index in [1.165, 1.54) is 13.2 Å². The van der Waals surface area contributed by atoms with E-state index in [0.29, 0.717) is 17.0 Å². The molecule has 1 aromatic heterocycles. The molecule has 0 unspecified atom stereocenters. The normalized spacial score (nSPS) is 17.7. The number of halogens is 3. The molecule has 3 aromatic rings. The minimum atomic E-state index is -4.46. The van der Waals surface area contributed by atoms with Crippen molar-refractivity contribution in [2.75, 3.05) is 39.1 Å². The Bertz CT molecular complexity index is 1560.